The molecule has 2 unspecified atom stereocenters. The van der Waals surface area contributed by atoms with Crippen LogP contribution >= 0.6 is 22.9 Å². The van der Waals surface area contributed by atoms with Gasteiger partial charge in [0, 0.05) is 28.0 Å². The number of nitrogen functional groups attached to an aromatic ring is 1. The summed E-state index contributed by atoms with van der Waals surface area (Å²) in [7, 11) is 2.10. The van der Waals surface area contributed by atoms with Gasteiger partial charge in [-0.05, 0) is 68.7 Å². The molecule has 1 aromatic carbocycles. The number of rotatable bonds is 4. The molecule has 3 aromatic rings. The second-order valence-corrected chi connectivity index (χ2v) is 10.2. The predicted octanol–water partition coefficient (Wildman–Crippen LogP) is 5.79. The lowest BCUT2D eigenvalue weighted by Gasteiger charge is -2.38. The quantitative estimate of drug-likeness (QED) is 0.553. The smallest absolute Gasteiger partial charge is 0.135 e. The van der Waals surface area contributed by atoms with E-state index >= 15 is 0 Å². The van der Waals surface area contributed by atoms with Crippen molar-refractivity contribution in [1.82, 2.24) is 14.9 Å². The zero-order valence-corrected chi connectivity index (χ0v) is 18.6. The maximum atomic E-state index is 14.3. The van der Waals surface area contributed by atoms with Crippen molar-refractivity contribution in [1.29, 1.82) is 0 Å². The number of fused-ring (bicyclic) bond motifs is 3. The fraction of sp³-hybridized carbons (Fsp3) is 0.478. The molecule has 2 aromatic heterocycles. The van der Waals surface area contributed by atoms with E-state index in [4.69, 9.17) is 17.3 Å². The number of anilines is 1. The number of benzene rings is 1. The van der Waals surface area contributed by atoms with Crippen molar-refractivity contribution < 1.29 is 4.39 Å². The molecule has 0 saturated heterocycles. The average molecular weight is 445 g/mol. The van der Waals surface area contributed by atoms with Gasteiger partial charge in [0.25, 0.3) is 0 Å². The van der Waals surface area contributed by atoms with E-state index in [9.17, 15) is 4.39 Å². The van der Waals surface area contributed by atoms with Crippen molar-refractivity contribution in [2.45, 2.75) is 57.0 Å². The number of aryl methyl sites for hydroxylation is 1. The monoisotopic (exact) mass is 444 g/mol. The first-order valence-electron chi connectivity index (χ1n) is 10.7. The summed E-state index contributed by atoms with van der Waals surface area (Å²) in [5, 5.41) is 1.60. The summed E-state index contributed by atoms with van der Waals surface area (Å²) in [6.45, 7) is 0.543. The molecule has 2 aliphatic carbocycles. The largest absolute Gasteiger partial charge is 0.383 e. The predicted molar refractivity (Wildman–Crippen MR) is 122 cm³/mol. The zero-order chi connectivity index (χ0) is 20.8. The third kappa shape index (κ3) is 3.49. The molecule has 2 N–H and O–H groups in total. The minimum absolute atomic E-state index is 0.220. The Balaban J connectivity index is 1.37. The second kappa shape index (κ2) is 8.06. The van der Waals surface area contributed by atoms with Gasteiger partial charge >= 0.3 is 0 Å². The fourth-order valence-electron chi connectivity index (χ4n) is 5.53. The summed E-state index contributed by atoms with van der Waals surface area (Å²) in [5.41, 5.74) is 8.27. The van der Waals surface area contributed by atoms with Crippen LogP contribution in [0.5, 0.6) is 0 Å². The van der Waals surface area contributed by atoms with Crippen LogP contribution < -0.4 is 5.73 Å². The molecule has 3 atom stereocenters. The SMILES string of the molecule is CN(Cc1c(F)cccc1Cl)[C@H]1CCCC(C2CCc3sc4ncnc(N)c4c32)C1. The van der Waals surface area contributed by atoms with E-state index in [1.807, 2.05) is 0 Å². The van der Waals surface area contributed by atoms with Gasteiger partial charge in [-0.2, -0.15) is 0 Å². The van der Waals surface area contributed by atoms with Crippen molar-refractivity contribution in [3.63, 3.8) is 0 Å². The van der Waals surface area contributed by atoms with Gasteiger partial charge in [0.1, 0.15) is 22.8 Å². The van der Waals surface area contributed by atoms with Crippen molar-refractivity contribution in [3.8, 4) is 0 Å². The number of nitrogens with zero attached hydrogens (tertiary/aromatic N) is 3. The fourth-order valence-corrected chi connectivity index (χ4v) is 6.99. The van der Waals surface area contributed by atoms with Crippen LogP contribution in [0.4, 0.5) is 10.2 Å². The molecule has 0 amide bonds. The third-order valence-electron chi connectivity index (χ3n) is 7.03. The van der Waals surface area contributed by atoms with Crippen LogP contribution in [0.1, 0.15) is 54.0 Å². The lowest BCUT2D eigenvalue weighted by molar-refractivity contribution is 0.138. The van der Waals surface area contributed by atoms with Crippen LogP contribution in [0.15, 0.2) is 24.5 Å². The number of hydrogen-bond acceptors (Lipinski definition) is 5. The number of nitrogens with two attached hydrogens (primary N) is 1. The molecule has 2 heterocycles. The Kier molecular flexibility index (Phi) is 5.42. The van der Waals surface area contributed by atoms with E-state index in [0.29, 0.717) is 40.8 Å². The minimum Gasteiger partial charge on any atom is -0.383 e. The third-order valence-corrected chi connectivity index (χ3v) is 8.56. The van der Waals surface area contributed by atoms with E-state index in [1.54, 1.807) is 29.8 Å². The Morgan fingerprint density at radius 3 is 2.97 bits per heavy atom. The second-order valence-electron chi connectivity index (χ2n) is 8.72. The molecule has 2 aliphatic rings. The highest BCUT2D eigenvalue weighted by Crippen LogP contribution is 2.51. The Morgan fingerprint density at radius 1 is 1.27 bits per heavy atom. The number of thiophene rings is 1. The summed E-state index contributed by atoms with van der Waals surface area (Å²) in [4.78, 5) is 13.5. The summed E-state index contributed by atoms with van der Waals surface area (Å²) in [6, 6.07) is 5.36. The molecule has 0 bridgehead atoms. The van der Waals surface area contributed by atoms with Crippen molar-refractivity contribution in [3.05, 3.63) is 51.4 Å². The van der Waals surface area contributed by atoms with E-state index in [-0.39, 0.29) is 5.82 Å². The molecule has 158 valence electrons. The maximum Gasteiger partial charge on any atom is 0.135 e. The van der Waals surface area contributed by atoms with Crippen molar-refractivity contribution in [2.75, 3.05) is 12.8 Å². The van der Waals surface area contributed by atoms with Crippen molar-refractivity contribution >= 4 is 39.0 Å². The molecule has 0 radical (unpaired) electrons. The standard InChI is InChI=1S/C23H26ClFN4S/c1-29(11-16-17(24)6-3-7-18(16)25)14-5-2-4-13(10-14)15-8-9-19-20(15)21-22(26)27-12-28-23(21)30-19/h3,6-7,12-15H,2,4-5,8-11H2,1H3,(H2,26,27,28)/t13?,14-,15?/m0/s1. The topological polar surface area (TPSA) is 55.0 Å². The zero-order valence-electron chi connectivity index (χ0n) is 17.1. The van der Waals surface area contributed by atoms with Crippen LogP contribution in [-0.4, -0.2) is 28.0 Å². The Labute approximate surface area is 185 Å². The van der Waals surface area contributed by atoms with E-state index in [0.717, 1.165) is 29.5 Å². The molecule has 0 spiro atoms. The summed E-state index contributed by atoms with van der Waals surface area (Å²) < 4.78 is 14.3. The van der Waals surface area contributed by atoms with Crippen LogP contribution in [0.3, 0.4) is 0 Å². The van der Waals surface area contributed by atoms with E-state index in [2.05, 4.69) is 21.9 Å². The van der Waals surface area contributed by atoms with E-state index < -0.39 is 0 Å². The maximum absolute atomic E-state index is 14.3. The van der Waals surface area contributed by atoms with Crippen LogP contribution in [0.25, 0.3) is 10.2 Å². The van der Waals surface area contributed by atoms with Gasteiger partial charge < -0.3 is 5.73 Å². The highest BCUT2D eigenvalue weighted by molar-refractivity contribution is 7.19. The average Bonchev–Trinajstić information content (AvgIpc) is 3.30. The molecular formula is C23H26ClFN4S. The van der Waals surface area contributed by atoms with Gasteiger partial charge in [0.05, 0.1) is 5.39 Å². The normalized spacial score (nSPS) is 23.9. The van der Waals surface area contributed by atoms with E-state index in [1.165, 1.54) is 35.8 Å². The molecule has 7 heteroatoms. The first kappa shape index (κ1) is 20.2. The molecule has 1 fully saturated rings. The highest BCUT2D eigenvalue weighted by atomic mass is 35.5. The highest BCUT2D eigenvalue weighted by Gasteiger charge is 2.37. The Hall–Kier alpha value is -1.76. The van der Waals surface area contributed by atoms with Crippen LogP contribution in [0.2, 0.25) is 5.02 Å². The summed E-state index contributed by atoms with van der Waals surface area (Å²) in [6.07, 6.45) is 8.57. The molecule has 4 nitrogen and oxygen atoms in total. The van der Waals surface area contributed by atoms with Gasteiger partial charge in [-0.3, -0.25) is 4.90 Å². The lowest BCUT2D eigenvalue weighted by atomic mass is 9.75. The first-order chi connectivity index (χ1) is 14.5. The number of aromatic nitrogens is 2. The molecule has 30 heavy (non-hydrogen) atoms. The summed E-state index contributed by atoms with van der Waals surface area (Å²) in [5.74, 6) is 1.53. The molecular weight excluding hydrogens is 419 g/mol. The summed E-state index contributed by atoms with van der Waals surface area (Å²) >= 11 is 8.05. The van der Waals surface area contributed by atoms with Gasteiger partial charge in [-0.1, -0.05) is 24.1 Å². The molecule has 0 aliphatic heterocycles. The number of hydrogen-bond donors (Lipinski definition) is 1. The van der Waals surface area contributed by atoms with Crippen LogP contribution in [-0.2, 0) is 13.0 Å². The molecule has 5 rings (SSSR count). The molecule has 1 saturated carbocycles. The lowest BCUT2D eigenvalue weighted by Crippen LogP contribution is -2.37. The van der Waals surface area contributed by atoms with Gasteiger partial charge in [-0.15, -0.1) is 11.3 Å². The van der Waals surface area contributed by atoms with Gasteiger partial charge in [0.15, 0.2) is 0 Å². The Bertz CT molecular complexity index is 1060. The first-order valence-corrected chi connectivity index (χ1v) is 11.9. The number of halogens is 2. The minimum atomic E-state index is -0.220. The van der Waals surface area contributed by atoms with Gasteiger partial charge in [-0.25, -0.2) is 14.4 Å². The van der Waals surface area contributed by atoms with Gasteiger partial charge in [0.2, 0.25) is 0 Å². The Morgan fingerprint density at radius 2 is 2.13 bits per heavy atom. The van der Waals surface area contributed by atoms with Crippen LogP contribution in [0, 0.1) is 11.7 Å². The van der Waals surface area contributed by atoms with Crippen molar-refractivity contribution in [2.24, 2.45) is 5.92 Å².